The van der Waals surface area contributed by atoms with Gasteiger partial charge in [-0.15, -0.1) is 0 Å². The zero-order chi connectivity index (χ0) is 13.4. The maximum absolute atomic E-state index is 12.1. The highest BCUT2D eigenvalue weighted by molar-refractivity contribution is 5.99. The van der Waals surface area contributed by atoms with Crippen LogP contribution in [0.4, 0.5) is 0 Å². The Bertz CT molecular complexity index is 646. The molecular weight excluding hydrogens is 240 g/mol. The second-order valence-electron chi connectivity index (χ2n) is 4.71. The molecule has 0 saturated carbocycles. The van der Waals surface area contributed by atoms with Crippen molar-refractivity contribution < 1.29 is 14.3 Å². The summed E-state index contributed by atoms with van der Waals surface area (Å²) < 4.78 is 10.8. The summed E-state index contributed by atoms with van der Waals surface area (Å²) in [6.45, 7) is 4.71. The fraction of sp³-hybridized carbons (Fsp3) is 0.312. The minimum absolute atomic E-state index is 0.0225. The topological polar surface area (TPSA) is 35.5 Å². The van der Waals surface area contributed by atoms with Crippen molar-refractivity contribution in [2.75, 3.05) is 6.61 Å². The van der Waals surface area contributed by atoms with Crippen molar-refractivity contribution in [3.8, 4) is 0 Å². The molecule has 3 nitrogen and oxygen atoms in total. The quantitative estimate of drug-likeness (QED) is 0.770. The van der Waals surface area contributed by atoms with Gasteiger partial charge < -0.3 is 9.47 Å². The maximum Gasteiger partial charge on any atom is 0.338 e. The van der Waals surface area contributed by atoms with Crippen molar-refractivity contribution in [1.29, 1.82) is 0 Å². The minimum Gasteiger partial charge on any atom is -0.462 e. The zero-order valence-electron chi connectivity index (χ0n) is 11.1. The number of esters is 1. The van der Waals surface area contributed by atoms with Crippen LogP contribution in [0.5, 0.6) is 0 Å². The average Bonchev–Trinajstić information content (AvgIpc) is 2.81. The first-order chi connectivity index (χ1) is 9.22. The second-order valence-corrected chi connectivity index (χ2v) is 4.71. The highest BCUT2D eigenvalue weighted by atomic mass is 16.5. The van der Waals surface area contributed by atoms with Gasteiger partial charge in [0.05, 0.1) is 24.9 Å². The molecule has 3 heteroatoms. The summed E-state index contributed by atoms with van der Waals surface area (Å²) in [7, 11) is 0. The lowest BCUT2D eigenvalue weighted by molar-refractivity contribution is 0.0517. The minimum atomic E-state index is -0.262. The molecule has 0 radical (unpaired) electrons. The molecule has 0 aliphatic carbocycles. The van der Waals surface area contributed by atoms with Crippen LogP contribution in [0.25, 0.3) is 10.8 Å². The van der Waals surface area contributed by atoms with Crippen molar-refractivity contribution in [2.45, 2.75) is 26.6 Å². The largest absolute Gasteiger partial charge is 0.462 e. The molecule has 0 amide bonds. The highest BCUT2D eigenvalue weighted by Crippen LogP contribution is 2.38. The van der Waals surface area contributed by atoms with E-state index in [0.29, 0.717) is 18.8 Å². The van der Waals surface area contributed by atoms with Crippen LogP contribution in [0.1, 0.15) is 41.4 Å². The summed E-state index contributed by atoms with van der Waals surface area (Å²) in [5.74, 6) is -0.262. The number of rotatable bonds is 2. The van der Waals surface area contributed by atoms with Gasteiger partial charge in [-0.1, -0.05) is 24.3 Å². The van der Waals surface area contributed by atoms with Crippen LogP contribution < -0.4 is 0 Å². The molecule has 1 unspecified atom stereocenters. The fourth-order valence-electron chi connectivity index (χ4n) is 2.72. The molecule has 19 heavy (non-hydrogen) atoms. The molecular formula is C16H16O3. The first-order valence-corrected chi connectivity index (χ1v) is 6.55. The van der Waals surface area contributed by atoms with E-state index in [0.717, 1.165) is 21.9 Å². The Morgan fingerprint density at radius 2 is 2.21 bits per heavy atom. The maximum atomic E-state index is 12.1. The van der Waals surface area contributed by atoms with Crippen LogP contribution in [0.3, 0.4) is 0 Å². The van der Waals surface area contributed by atoms with E-state index in [-0.39, 0.29) is 12.1 Å². The molecule has 98 valence electrons. The van der Waals surface area contributed by atoms with Crippen LogP contribution in [0, 0.1) is 0 Å². The molecule has 0 spiro atoms. The predicted molar refractivity (Wildman–Crippen MR) is 73.1 cm³/mol. The highest BCUT2D eigenvalue weighted by Gasteiger charge is 2.27. The van der Waals surface area contributed by atoms with E-state index >= 15 is 0 Å². The van der Waals surface area contributed by atoms with Gasteiger partial charge in [-0.2, -0.15) is 0 Å². The number of fused-ring (bicyclic) bond motifs is 3. The van der Waals surface area contributed by atoms with Gasteiger partial charge in [-0.25, -0.2) is 4.79 Å². The van der Waals surface area contributed by atoms with Gasteiger partial charge in [-0.05, 0) is 41.8 Å². The monoisotopic (exact) mass is 256 g/mol. The molecule has 0 N–H and O–H groups in total. The van der Waals surface area contributed by atoms with Gasteiger partial charge in [0.2, 0.25) is 0 Å². The van der Waals surface area contributed by atoms with Crippen molar-refractivity contribution >= 4 is 16.7 Å². The molecule has 0 saturated heterocycles. The third kappa shape index (κ3) is 1.90. The number of carbonyl (C=O) groups is 1. The Labute approximate surface area is 112 Å². The molecule has 0 bridgehead atoms. The molecule has 3 rings (SSSR count). The molecule has 1 aliphatic heterocycles. The summed E-state index contributed by atoms with van der Waals surface area (Å²) in [5, 5.41) is 2.22. The molecule has 0 fully saturated rings. The van der Waals surface area contributed by atoms with Crippen molar-refractivity contribution in [3.63, 3.8) is 0 Å². The van der Waals surface area contributed by atoms with Crippen LogP contribution in [-0.4, -0.2) is 12.6 Å². The van der Waals surface area contributed by atoms with Crippen LogP contribution >= 0.6 is 0 Å². The molecule has 1 heterocycles. The predicted octanol–water partition coefficient (Wildman–Crippen LogP) is 3.61. The average molecular weight is 256 g/mol. The molecule has 2 aromatic rings. The SMILES string of the molecule is CCOC(=O)c1cc2ccccc2c2c1COC2C. The van der Waals surface area contributed by atoms with E-state index < -0.39 is 0 Å². The summed E-state index contributed by atoms with van der Waals surface area (Å²) in [6, 6.07) is 9.99. The fourth-order valence-corrected chi connectivity index (χ4v) is 2.72. The van der Waals surface area contributed by atoms with E-state index in [1.807, 2.05) is 38.1 Å². The van der Waals surface area contributed by atoms with Gasteiger partial charge in [0, 0.05) is 0 Å². The Hall–Kier alpha value is -1.87. The number of hydrogen-bond acceptors (Lipinski definition) is 3. The lowest BCUT2D eigenvalue weighted by Crippen LogP contribution is -2.08. The Kier molecular flexibility index (Phi) is 2.99. The van der Waals surface area contributed by atoms with Crippen LogP contribution in [0.2, 0.25) is 0 Å². The second kappa shape index (κ2) is 4.67. The van der Waals surface area contributed by atoms with Crippen molar-refractivity contribution in [3.05, 3.63) is 47.0 Å². The molecule has 2 aromatic carbocycles. The van der Waals surface area contributed by atoms with E-state index in [4.69, 9.17) is 9.47 Å². The van der Waals surface area contributed by atoms with Gasteiger partial charge in [0.15, 0.2) is 0 Å². The Morgan fingerprint density at radius 3 is 3.00 bits per heavy atom. The van der Waals surface area contributed by atoms with Gasteiger partial charge >= 0.3 is 5.97 Å². The Morgan fingerprint density at radius 1 is 1.42 bits per heavy atom. The standard InChI is InChI=1S/C16H16O3/c1-3-18-16(17)13-8-11-6-4-5-7-12(11)15-10(2)19-9-14(13)15/h4-8,10H,3,9H2,1-2H3. The summed E-state index contributed by atoms with van der Waals surface area (Å²) in [6.07, 6.45) is 0.0225. The molecule has 0 aromatic heterocycles. The number of hydrogen-bond donors (Lipinski definition) is 0. The lowest BCUT2D eigenvalue weighted by Gasteiger charge is -2.12. The van der Waals surface area contributed by atoms with Gasteiger partial charge in [0.25, 0.3) is 0 Å². The third-order valence-corrected chi connectivity index (χ3v) is 3.58. The van der Waals surface area contributed by atoms with Crippen LogP contribution in [0.15, 0.2) is 30.3 Å². The molecule has 1 aliphatic rings. The zero-order valence-corrected chi connectivity index (χ0v) is 11.1. The van der Waals surface area contributed by atoms with E-state index in [9.17, 15) is 4.79 Å². The lowest BCUT2D eigenvalue weighted by atomic mass is 9.93. The van der Waals surface area contributed by atoms with Crippen LogP contribution in [-0.2, 0) is 16.1 Å². The smallest absolute Gasteiger partial charge is 0.338 e. The number of ether oxygens (including phenoxy) is 2. The third-order valence-electron chi connectivity index (χ3n) is 3.58. The van der Waals surface area contributed by atoms with E-state index in [2.05, 4.69) is 6.07 Å². The number of benzene rings is 2. The van der Waals surface area contributed by atoms with Crippen molar-refractivity contribution in [2.24, 2.45) is 0 Å². The summed E-state index contributed by atoms with van der Waals surface area (Å²) in [4.78, 5) is 12.1. The van der Waals surface area contributed by atoms with E-state index in [1.54, 1.807) is 0 Å². The number of carbonyl (C=O) groups excluding carboxylic acids is 1. The first-order valence-electron chi connectivity index (χ1n) is 6.55. The van der Waals surface area contributed by atoms with Gasteiger partial charge in [0.1, 0.15) is 0 Å². The summed E-state index contributed by atoms with van der Waals surface area (Å²) in [5.41, 5.74) is 2.74. The van der Waals surface area contributed by atoms with Gasteiger partial charge in [-0.3, -0.25) is 0 Å². The van der Waals surface area contributed by atoms with E-state index in [1.165, 1.54) is 0 Å². The van der Waals surface area contributed by atoms with Crippen molar-refractivity contribution in [1.82, 2.24) is 0 Å². The Balaban J connectivity index is 2.27. The summed E-state index contributed by atoms with van der Waals surface area (Å²) >= 11 is 0. The molecule has 1 atom stereocenters. The first kappa shape index (κ1) is 12.2. The normalized spacial score (nSPS) is 17.5.